The number of likely N-dealkylation sites (N-methyl/N-ethyl adjacent to an activating group) is 1. The Hall–Kier alpha value is -2.56. The number of nitrogens with two attached hydrogens (primary N) is 1. The van der Waals surface area contributed by atoms with Crippen LogP contribution >= 0.6 is 22.7 Å². The molecule has 0 saturated carbocycles. The molecule has 0 atom stereocenters. The summed E-state index contributed by atoms with van der Waals surface area (Å²) in [6, 6.07) is 2.96. The molecular weight excluding hydrogens is 388 g/mol. The Bertz CT molecular complexity index is 932. The third kappa shape index (κ3) is 4.24. The van der Waals surface area contributed by atoms with Gasteiger partial charge in [-0.3, -0.25) is 24.6 Å². The molecule has 0 unspecified atom stereocenters. The molecule has 8 nitrogen and oxygen atoms in total. The lowest BCUT2D eigenvalue weighted by Crippen LogP contribution is -2.30. The van der Waals surface area contributed by atoms with Crippen molar-refractivity contribution in [3.63, 3.8) is 0 Å². The van der Waals surface area contributed by atoms with E-state index >= 15 is 0 Å². The number of carbonyl (C=O) groups excluding carboxylic acids is 2. The summed E-state index contributed by atoms with van der Waals surface area (Å²) in [5.41, 5.74) is 6.85. The maximum absolute atomic E-state index is 12.3. The van der Waals surface area contributed by atoms with E-state index in [1.807, 2.05) is 0 Å². The highest BCUT2D eigenvalue weighted by Gasteiger charge is 2.26. The summed E-state index contributed by atoms with van der Waals surface area (Å²) >= 11 is 2.35. The monoisotopic (exact) mass is 406 g/mol. The summed E-state index contributed by atoms with van der Waals surface area (Å²) in [4.78, 5) is 38.3. The van der Waals surface area contributed by atoms with Crippen molar-refractivity contribution in [2.75, 3.05) is 18.4 Å². The number of carbonyl (C=O) groups is 2. The van der Waals surface area contributed by atoms with Gasteiger partial charge in [0, 0.05) is 35.0 Å². The van der Waals surface area contributed by atoms with E-state index in [1.165, 1.54) is 29.6 Å². The van der Waals surface area contributed by atoms with E-state index in [9.17, 15) is 19.7 Å². The molecule has 0 radical (unpaired) electrons. The summed E-state index contributed by atoms with van der Waals surface area (Å²) in [5, 5.41) is 13.9. The lowest BCUT2D eigenvalue weighted by atomic mass is 10.0. The second-order valence-electron chi connectivity index (χ2n) is 5.95. The van der Waals surface area contributed by atoms with Gasteiger partial charge in [-0.15, -0.1) is 11.3 Å². The maximum Gasteiger partial charge on any atom is 0.324 e. The molecule has 3 N–H and O–H groups in total. The zero-order chi connectivity index (χ0) is 19.6. The van der Waals surface area contributed by atoms with Gasteiger partial charge in [-0.2, -0.15) is 0 Å². The number of nitro groups is 1. The van der Waals surface area contributed by atoms with E-state index in [-0.39, 0.29) is 5.00 Å². The van der Waals surface area contributed by atoms with Crippen molar-refractivity contribution < 1.29 is 14.5 Å². The molecule has 10 heteroatoms. The van der Waals surface area contributed by atoms with Crippen LogP contribution in [0.2, 0.25) is 0 Å². The molecule has 27 heavy (non-hydrogen) atoms. The van der Waals surface area contributed by atoms with Gasteiger partial charge >= 0.3 is 5.00 Å². The van der Waals surface area contributed by atoms with Crippen LogP contribution in [0.5, 0.6) is 0 Å². The molecular formula is C17H18N4O4S2. The normalized spacial score (nSPS) is 14.3. The Morgan fingerprint density at radius 2 is 2.19 bits per heavy atom. The van der Waals surface area contributed by atoms with Crippen LogP contribution in [0.1, 0.15) is 32.6 Å². The SMILES string of the molecule is CCN1CCc2c(sc(NC(=O)/C=C/c3ccc([N+](=O)[O-])s3)c2C(N)=O)C1. The minimum absolute atomic E-state index is 0.0116. The highest BCUT2D eigenvalue weighted by Crippen LogP contribution is 2.37. The molecule has 0 saturated heterocycles. The van der Waals surface area contributed by atoms with Gasteiger partial charge in [-0.25, -0.2) is 0 Å². The van der Waals surface area contributed by atoms with Crippen LogP contribution in [-0.4, -0.2) is 34.7 Å². The Kier molecular flexibility index (Phi) is 5.68. The molecule has 2 aromatic rings. The molecule has 0 aromatic carbocycles. The fourth-order valence-electron chi connectivity index (χ4n) is 2.92. The summed E-state index contributed by atoms with van der Waals surface area (Å²) in [6.07, 6.45) is 3.52. The number of amides is 2. The molecule has 142 valence electrons. The van der Waals surface area contributed by atoms with Crippen LogP contribution < -0.4 is 11.1 Å². The van der Waals surface area contributed by atoms with E-state index in [4.69, 9.17) is 5.73 Å². The first kappa shape index (κ1) is 19.2. The zero-order valence-electron chi connectivity index (χ0n) is 14.6. The highest BCUT2D eigenvalue weighted by molar-refractivity contribution is 7.17. The quantitative estimate of drug-likeness (QED) is 0.434. The van der Waals surface area contributed by atoms with Gasteiger partial charge in [0.25, 0.3) is 5.91 Å². The Labute approximate surface area is 163 Å². The van der Waals surface area contributed by atoms with Gasteiger partial charge in [0.2, 0.25) is 5.91 Å². The van der Waals surface area contributed by atoms with Crippen molar-refractivity contribution in [1.82, 2.24) is 4.90 Å². The first-order valence-corrected chi connectivity index (χ1v) is 9.92. The van der Waals surface area contributed by atoms with Gasteiger partial charge in [0.05, 0.1) is 10.5 Å². The smallest absolute Gasteiger partial charge is 0.324 e. The van der Waals surface area contributed by atoms with E-state index < -0.39 is 16.7 Å². The molecule has 2 amide bonds. The van der Waals surface area contributed by atoms with Crippen molar-refractivity contribution >= 4 is 50.6 Å². The molecule has 0 bridgehead atoms. The summed E-state index contributed by atoms with van der Waals surface area (Å²) in [7, 11) is 0. The molecule has 1 aliphatic rings. The van der Waals surface area contributed by atoms with Crippen LogP contribution in [0.25, 0.3) is 6.08 Å². The summed E-state index contributed by atoms with van der Waals surface area (Å²) < 4.78 is 0. The Morgan fingerprint density at radius 3 is 2.81 bits per heavy atom. The second kappa shape index (κ2) is 7.99. The number of fused-ring (bicyclic) bond motifs is 1. The molecule has 3 rings (SSSR count). The second-order valence-corrected chi connectivity index (χ2v) is 8.15. The van der Waals surface area contributed by atoms with Crippen LogP contribution in [-0.2, 0) is 17.8 Å². The predicted molar refractivity (Wildman–Crippen MR) is 106 cm³/mol. The number of thiophene rings is 2. The van der Waals surface area contributed by atoms with E-state index in [1.54, 1.807) is 6.07 Å². The van der Waals surface area contributed by atoms with Gasteiger partial charge in [-0.05, 0) is 30.7 Å². The number of anilines is 1. The molecule has 1 aliphatic heterocycles. The Balaban J connectivity index is 1.77. The number of hydrogen-bond donors (Lipinski definition) is 2. The molecule has 0 aliphatic carbocycles. The highest BCUT2D eigenvalue weighted by atomic mass is 32.1. The standard InChI is InChI=1S/C17H18N4O4S2/c1-2-20-8-7-11-12(9-20)27-17(15(11)16(18)23)19-13(22)5-3-10-4-6-14(26-10)21(24)25/h3-6H,2,7-9H2,1H3,(H2,18,23)(H,19,22)/b5-3+. The van der Waals surface area contributed by atoms with Crippen LogP contribution in [0.15, 0.2) is 18.2 Å². The summed E-state index contributed by atoms with van der Waals surface area (Å²) in [5.74, 6) is -0.967. The lowest BCUT2D eigenvalue weighted by Gasteiger charge is -2.25. The maximum atomic E-state index is 12.3. The third-order valence-corrected chi connectivity index (χ3v) is 6.39. The first-order valence-electron chi connectivity index (χ1n) is 8.29. The van der Waals surface area contributed by atoms with E-state index in [2.05, 4.69) is 17.1 Å². The molecule has 0 spiro atoms. The fraction of sp³-hybridized carbons (Fsp3) is 0.294. The van der Waals surface area contributed by atoms with E-state index in [0.717, 1.165) is 47.8 Å². The van der Waals surface area contributed by atoms with Crippen LogP contribution in [0, 0.1) is 10.1 Å². The van der Waals surface area contributed by atoms with Gasteiger partial charge in [-0.1, -0.05) is 18.3 Å². The van der Waals surface area contributed by atoms with Gasteiger partial charge < -0.3 is 11.1 Å². The summed E-state index contributed by atoms with van der Waals surface area (Å²) in [6.45, 7) is 4.59. The fourth-order valence-corrected chi connectivity index (χ4v) is 4.94. The molecule has 3 heterocycles. The van der Waals surface area contributed by atoms with Gasteiger partial charge in [0.1, 0.15) is 5.00 Å². The van der Waals surface area contributed by atoms with E-state index in [0.29, 0.717) is 15.4 Å². The van der Waals surface area contributed by atoms with Crippen molar-refractivity contribution in [1.29, 1.82) is 0 Å². The minimum Gasteiger partial charge on any atom is -0.365 e. The Morgan fingerprint density at radius 1 is 1.41 bits per heavy atom. The van der Waals surface area contributed by atoms with Crippen molar-refractivity contribution in [3.05, 3.63) is 49.2 Å². The topological polar surface area (TPSA) is 119 Å². The number of primary amides is 1. The van der Waals surface area contributed by atoms with Gasteiger partial charge in [0.15, 0.2) is 0 Å². The van der Waals surface area contributed by atoms with Crippen LogP contribution in [0.3, 0.4) is 0 Å². The molecule has 0 fully saturated rings. The van der Waals surface area contributed by atoms with Crippen molar-refractivity contribution in [2.24, 2.45) is 5.73 Å². The lowest BCUT2D eigenvalue weighted by molar-refractivity contribution is -0.380. The third-order valence-electron chi connectivity index (χ3n) is 4.26. The zero-order valence-corrected chi connectivity index (χ0v) is 16.2. The first-order chi connectivity index (χ1) is 12.9. The van der Waals surface area contributed by atoms with Crippen molar-refractivity contribution in [2.45, 2.75) is 19.9 Å². The molecule has 2 aromatic heterocycles. The average Bonchev–Trinajstić information content (AvgIpc) is 3.23. The number of hydrogen-bond acceptors (Lipinski definition) is 7. The van der Waals surface area contributed by atoms with Crippen molar-refractivity contribution in [3.8, 4) is 0 Å². The van der Waals surface area contributed by atoms with Crippen LogP contribution in [0.4, 0.5) is 10.0 Å². The number of nitrogens with zero attached hydrogens (tertiary/aromatic N) is 2. The average molecular weight is 406 g/mol. The largest absolute Gasteiger partial charge is 0.365 e. The predicted octanol–water partition coefficient (Wildman–Crippen LogP) is 2.85. The number of rotatable bonds is 6. The minimum atomic E-state index is -0.550. The number of nitrogens with one attached hydrogen (secondary N) is 1.